The van der Waals surface area contributed by atoms with Gasteiger partial charge in [-0.1, -0.05) is 13.8 Å². The molecule has 1 rings (SSSR count). The van der Waals surface area contributed by atoms with Crippen molar-refractivity contribution in [1.29, 1.82) is 0 Å². The van der Waals surface area contributed by atoms with Crippen LogP contribution in [0.4, 0.5) is 0 Å². The fraction of sp³-hybridized carbons (Fsp3) is 0.941. The number of likely N-dealkylation sites (tertiary alicyclic amines) is 1. The number of hydrogen-bond acceptors (Lipinski definition) is 3. The number of carboxylic acid groups (broad SMARTS) is 1. The van der Waals surface area contributed by atoms with E-state index in [0.29, 0.717) is 6.42 Å². The Balaban J connectivity index is 2.28. The number of unbranched alkanes of at least 4 members (excludes halogenated alkanes) is 1. The number of nitrogens with zero attached hydrogens (tertiary/aromatic N) is 1. The monoisotopic (exact) mass is 298 g/mol. The van der Waals surface area contributed by atoms with Crippen molar-refractivity contribution in [2.24, 2.45) is 11.8 Å². The van der Waals surface area contributed by atoms with Gasteiger partial charge in [0.15, 0.2) is 0 Å². The molecule has 0 aromatic carbocycles. The van der Waals surface area contributed by atoms with Crippen LogP contribution < -0.4 is 5.32 Å². The first-order valence-electron chi connectivity index (χ1n) is 8.48. The molecule has 2 atom stereocenters. The highest BCUT2D eigenvalue weighted by atomic mass is 16.4. The molecule has 21 heavy (non-hydrogen) atoms. The van der Waals surface area contributed by atoms with Crippen LogP contribution in [0, 0.1) is 11.8 Å². The molecule has 1 aliphatic heterocycles. The van der Waals surface area contributed by atoms with Crippen molar-refractivity contribution >= 4 is 5.97 Å². The molecule has 124 valence electrons. The van der Waals surface area contributed by atoms with E-state index in [2.05, 4.69) is 24.1 Å². The van der Waals surface area contributed by atoms with Crippen molar-refractivity contribution in [3.05, 3.63) is 0 Å². The molecule has 1 fully saturated rings. The summed E-state index contributed by atoms with van der Waals surface area (Å²) in [5.41, 5.74) is -0.792. The number of hydrogen-bond donors (Lipinski definition) is 2. The van der Waals surface area contributed by atoms with Crippen molar-refractivity contribution in [3.63, 3.8) is 0 Å². The van der Waals surface area contributed by atoms with Gasteiger partial charge in [-0.05, 0) is 71.4 Å². The number of rotatable bonds is 9. The standard InChI is InChI=1S/C17H34N2O2/c1-13(2)15-8-11-19(12-15)10-7-6-9-17(5,16(20)21)18-14(3)4/h13-15,18H,6-12H2,1-5H3,(H,20,21). The maximum Gasteiger partial charge on any atom is 0.323 e. The van der Waals surface area contributed by atoms with Gasteiger partial charge in [0.25, 0.3) is 0 Å². The topological polar surface area (TPSA) is 52.6 Å². The molecule has 0 saturated carbocycles. The zero-order chi connectivity index (χ0) is 16.0. The molecule has 1 saturated heterocycles. The highest BCUT2D eigenvalue weighted by molar-refractivity contribution is 5.78. The molecule has 0 amide bonds. The minimum absolute atomic E-state index is 0.191. The van der Waals surface area contributed by atoms with E-state index in [-0.39, 0.29) is 6.04 Å². The van der Waals surface area contributed by atoms with Crippen LogP contribution in [0.5, 0.6) is 0 Å². The van der Waals surface area contributed by atoms with Crippen LogP contribution >= 0.6 is 0 Å². The van der Waals surface area contributed by atoms with E-state index in [4.69, 9.17) is 0 Å². The smallest absolute Gasteiger partial charge is 0.323 e. The first kappa shape index (κ1) is 18.4. The Kier molecular flexibility index (Phi) is 7.14. The largest absolute Gasteiger partial charge is 0.480 e. The summed E-state index contributed by atoms with van der Waals surface area (Å²) in [4.78, 5) is 14.0. The summed E-state index contributed by atoms with van der Waals surface area (Å²) in [6, 6.07) is 0.191. The zero-order valence-electron chi connectivity index (χ0n) is 14.5. The minimum atomic E-state index is -0.792. The summed E-state index contributed by atoms with van der Waals surface area (Å²) in [5.74, 6) is 0.884. The second kappa shape index (κ2) is 8.14. The Bertz CT molecular complexity index is 331. The number of aliphatic carboxylic acids is 1. The van der Waals surface area contributed by atoms with Crippen molar-refractivity contribution < 1.29 is 9.90 Å². The quantitative estimate of drug-likeness (QED) is 0.643. The molecule has 0 aromatic rings. The number of nitrogens with one attached hydrogen (secondary N) is 1. The molecule has 1 heterocycles. The normalized spacial score (nSPS) is 22.9. The van der Waals surface area contributed by atoms with Crippen molar-refractivity contribution in [1.82, 2.24) is 10.2 Å². The van der Waals surface area contributed by atoms with Gasteiger partial charge in [-0.2, -0.15) is 0 Å². The molecule has 1 aliphatic rings. The summed E-state index contributed by atoms with van der Waals surface area (Å²) in [6.45, 7) is 14.0. The lowest BCUT2D eigenvalue weighted by atomic mass is 9.94. The maximum absolute atomic E-state index is 11.5. The number of carboxylic acids is 1. The second-order valence-corrected chi connectivity index (χ2v) is 7.49. The third kappa shape index (κ3) is 5.95. The summed E-state index contributed by atoms with van der Waals surface area (Å²) < 4.78 is 0. The molecule has 0 aromatic heterocycles. The Hall–Kier alpha value is -0.610. The molecule has 2 N–H and O–H groups in total. The number of carbonyl (C=O) groups is 1. The molecule has 0 spiro atoms. The lowest BCUT2D eigenvalue weighted by molar-refractivity contribution is -0.144. The Morgan fingerprint density at radius 2 is 2.00 bits per heavy atom. The molecule has 0 bridgehead atoms. The van der Waals surface area contributed by atoms with Gasteiger partial charge in [-0.15, -0.1) is 0 Å². The average molecular weight is 298 g/mol. The minimum Gasteiger partial charge on any atom is -0.480 e. The molecule has 2 unspecified atom stereocenters. The van der Waals surface area contributed by atoms with Gasteiger partial charge in [0, 0.05) is 12.6 Å². The van der Waals surface area contributed by atoms with Gasteiger partial charge < -0.3 is 10.0 Å². The van der Waals surface area contributed by atoms with Gasteiger partial charge in [-0.3, -0.25) is 10.1 Å². The lowest BCUT2D eigenvalue weighted by Gasteiger charge is -2.29. The van der Waals surface area contributed by atoms with Gasteiger partial charge in [-0.25, -0.2) is 0 Å². The molecule has 0 aliphatic carbocycles. The molecular weight excluding hydrogens is 264 g/mol. The van der Waals surface area contributed by atoms with E-state index < -0.39 is 11.5 Å². The van der Waals surface area contributed by atoms with Crippen LogP contribution in [0.1, 0.15) is 60.3 Å². The fourth-order valence-corrected chi connectivity index (χ4v) is 3.30. The summed E-state index contributed by atoms with van der Waals surface area (Å²) in [7, 11) is 0. The van der Waals surface area contributed by atoms with Crippen molar-refractivity contribution in [2.75, 3.05) is 19.6 Å². The van der Waals surface area contributed by atoms with E-state index in [0.717, 1.165) is 31.2 Å². The Labute approximate surface area is 130 Å². The second-order valence-electron chi connectivity index (χ2n) is 7.49. The predicted octanol–water partition coefficient (Wildman–Crippen LogP) is 2.98. The molecule has 4 heteroatoms. The first-order valence-corrected chi connectivity index (χ1v) is 8.48. The Morgan fingerprint density at radius 3 is 2.48 bits per heavy atom. The van der Waals surface area contributed by atoms with E-state index in [1.54, 1.807) is 6.92 Å². The van der Waals surface area contributed by atoms with Crippen LogP contribution in [0.25, 0.3) is 0 Å². The SMILES string of the molecule is CC(C)NC(C)(CCCCN1CCC(C(C)C)C1)C(=O)O. The molecule has 4 nitrogen and oxygen atoms in total. The van der Waals surface area contributed by atoms with Crippen LogP contribution in [0.2, 0.25) is 0 Å². The molecule has 0 radical (unpaired) electrons. The predicted molar refractivity (Wildman–Crippen MR) is 87.5 cm³/mol. The van der Waals surface area contributed by atoms with Crippen molar-refractivity contribution in [2.45, 2.75) is 71.9 Å². The van der Waals surface area contributed by atoms with Gasteiger partial charge >= 0.3 is 5.97 Å². The first-order chi connectivity index (χ1) is 9.74. The highest BCUT2D eigenvalue weighted by Crippen LogP contribution is 2.24. The third-order valence-corrected chi connectivity index (χ3v) is 4.73. The van der Waals surface area contributed by atoms with E-state index in [1.807, 2.05) is 13.8 Å². The third-order valence-electron chi connectivity index (χ3n) is 4.73. The molecular formula is C17H34N2O2. The van der Waals surface area contributed by atoms with Crippen LogP contribution in [0.15, 0.2) is 0 Å². The Morgan fingerprint density at radius 1 is 1.33 bits per heavy atom. The van der Waals surface area contributed by atoms with Crippen LogP contribution in [-0.2, 0) is 4.79 Å². The summed E-state index contributed by atoms with van der Waals surface area (Å²) in [6.07, 6.45) is 4.07. The van der Waals surface area contributed by atoms with E-state index >= 15 is 0 Å². The van der Waals surface area contributed by atoms with Gasteiger partial charge in [0.1, 0.15) is 5.54 Å². The summed E-state index contributed by atoms with van der Waals surface area (Å²) >= 11 is 0. The maximum atomic E-state index is 11.5. The van der Waals surface area contributed by atoms with Crippen LogP contribution in [0.3, 0.4) is 0 Å². The van der Waals surface area contributed by atoms with Gasteiger partial charge in [0.05, 0.1) is 0 Å². The zero-order valence-corrected chi connectivity index (χ0v) is 14.5. The lowest BCUT2D eigenvalue weighted by Crippen LogP contribution is -2.52. The average Bonchev–Trinajstić information content (AvgIpc) is 2.82. The van der Waals surface area contributed by atoms with E-state index in [1.165, 1.54) is 19.5 Å². The summed E-state index contributed by atoms with van der Waals surface area (Å²) in [5, 5.41) is 12.6. The van der Waals surface area contributed by atoms with Crippen molar-refractivity contribution in [3.8, 4) is 0 Å². The van der Waals surface area contributed by atoms with Gasteiger partial charge in [0.2, 0.25) is 0 Å². The highest BCUT2D eigenvalue weighted by Gasteiger charge is 2.32. The fourth-order valence-electron chi connectivity index (χ4n) is 3.30. The van der Waals surface area contributed by atoms with E-state index in [9.17, 15) is 9.90 Å². The van der Waals surface area contributed by atoms with Crippen LogP contribution in [-0.4, -0.2) is 47.2 Å².